The molecule has 0 aliphatic heterocycles. The van der Waals surface area contributed by atoms with E-state index in [1.165, 1.54) is 12.1 Å². The van der Waals surface area contributed by atoms with E-state index < -0.39 is 5.82 Å². The summed E-state index contributed by atoms with van der Waals surface area (Å²) in [5.41, 5.74) is 0.609. The number of amides is 1. The molecule has 1 aromatic heterocycles. The lowest BCUT2D eigenvalue weighted by Crippen LogP contribution is -2.17. The number of rotatable bonds is 3. The highest BCUT2D eigenvalue weighted by Gasteiger charge is 2.28. The molecule has 1 heterocycles. The number of anilines is 1. The fourth-order valence-corrected chi connectivity index (χ4v) is 2.60. The summed E-state index contributed by atoms with van der Waals surface area (Å²) in [5, 5.41) is 3.09. The van der Waals surface area contributed by atoms with Crippen molar-refractivity contribution in [2.75, 3.05) is 5.32 Å². The van der Waals surface area contributed by atoms with E-state index in [1.54, 1.807) is 18.3 Å². The van der Waals surface area contributed by atoms with Gasteiger partial charge in [0.15, 0.2) is 0 Å². The lowest BCUT2D eigenvalue weighted by Gasteiger charge is -2.09. The van der Waals surface area contributed by atoms with Crippen LogP contribution in [0.2, 0.25) is 5.02 Å². The number of hydrogen-bond acceptors (Lipinski definition) is 1. The summed E-state index contributed by atoms with van der Waals surface area (Å²) in [6.07, 6.45) is 3.82. The van der Waals surface area contributed by atoms with E-state index in [-0.39, 0.29) is 11.6 Å². The largest absolute Gasteiger partial charge is 0.339 e. The van der Waals surface area contributed by atoms with Gasteiger partial charge in [0.1, 0.15) is 11.5 Å². The van der Waals surface area contributed by atoms with Gasteiger partial charge in [-0.2, -0.15) is 0 Å². The van der Waals surface area contributed by atoms with Crippen molar-refractivity contribution >= 4 is 39.1 Å². The summed E-state index contributed by atoms with van der Waals surface area (Å²) < 4.78 is 16.2. The number of carbonyl (C=O) groups excluding carboxylic acids is 1. The molecule has 1 fully saturated rings. The van der Waals surface area contributed by atoms with Crippen molar-refractivity contribution in [1.29, 1.82) is 0 Å². The van der Waals surface area contributed by atoms with Crippen LogP contribution in [-0.4, -0.2) is 10.5 Å². The molecule has 0 unspecified atom stereocenters. The summed E-state index contributed by atoms with van der Waals surface area (Å²) in [6.45, 7) is 0. The maximum atomic E-state index is 13.7. The third-order valence-corrected chi connectivity index (χ3v) is 3.87. The SMILES string of the molecule is O=C(Nc1ccc(Br)cc1F)c1cc(Cl)cn1C1CC1. The van der Waals surface area contributed by atoms with Crippen molar-refractivity contribution in [3.8, 4) is 0 Å². The Kier molecular flexibility index (Phi) is 3.56. The minimum absolute atomic E-state index is 0.151. The van der Waals surface area contributed by atoms with Gasteiger partial charge in [0.2, 0.25) is 0 Å². The van der Waals surface area contributed by atoms with E-state index in [1.807, 2.05) is 4.57 Å². The van der Waals surface area contributed by atoms with E-state index in [9.17, 15) is 9.18 Å². The summed E-state index contributed by atoms with van der Waals surface area (Å²) in [5.74, 6) is -0.839. The van der Waals surface area contributed by atoms with Crippen LogP contribution in [0.4, 0.5) is 10.1 Å². The Morgan fingerprint density at radius 3 is 2.80 bits per heavy atom. The Morgan fingerprint density at radius 1 is 1.40 bits per heavy atom. The molecular formula is C14H11BrClFN2O. The van der Waals surface area contributed by atoms with Gasteiger partial charge in [-0.15, -0.1) is 0 Å². The average molecular weight is 358 g/mol. The van der Waals surface area contributed by atoms with Crippen LogP contribution < -0.4 is 5.32 Å². The second-order valence-electron chi connectivity index (χ2n) is 4.76. The predicted molar refractivity (Wildman–Crippen MR) is 79.8 cm³/mol. The Bertz CT molecular complexity index is 682. The second kappa shape index (κ2) is 5.22. The molecule has 3 rings (SSSR count). The Hall–Kier alpha value is -1.33. The molecule has 1 aliphatic rings. The monoisotopic (exact) mass is 356 g/mol. The number of benzene rings is 1. The lowest BCUT2D eigenvalue weighted by molar-refractivity contribution is 0.101. The van der Waals surface area contributed by atoms with Crippen molar-refractivity contribution in [2.24, 2.45) is 0 Å². The van der Waals surface area contributed by atoms with Crippen LogP contribution in [0.3, 0.4) is 0 Å². The molecule has 0 radical (unpaired) electrons. The third-order valence-electron chi connectivity index (χ3n) is 3.17. The van der Waals surface area contributed by atoms with Crippen LogP contribution in [0, 0.1) is 5.82 Å². The first-order chi connectivity index (χ1) is 9.54. The van der Waals surface area contributed by atoms with Crippen LogP contribution in [0.25, 0.3) is 0 Å². The van der Waals surface area contributed by atoms with Gasteiger partial charge in [-0.25, -0.2) is 4.39 Å². The normalized spacial score (nSPS) is 14.3. The van der Waals surface area contributed by atoms with Gasteiger partial charge in [0.05, 0.1) is 10.7 Å². The topological polar surface area (TPSA) is 34.0 Å². The molecule has 1 amide bonds. The molecule has 0 spiro atoms. The molecule has 3 nitrogen and oxygen atoms in total. The Morgan fingerprint density at radius 2 is 2.15 bits per heavy atom. The predicted octanol–water partition coefficient (Wildman–Crippen LogP) is 4.63. The van der Waals surface area contributed by atoms with Gasteiger partial charge in [-0.05, 0) is 37.1 Å². The number of aromatic nitrogens is 1. The van der Waals surface area contributed by atoms with E-state index in [0.717, 1.165) is 12.8 Å². The zero-order valence-electron chi connectivity index (χ0n) is 10.4. The molecule has 20 heavy (non-hydrogen) atoms. The maximum absolute atomic E-state index is 13.7. The molecule has 1 aliphatic carbocycles. The van der Waals surface area contributed by atoms with Crippen molar-refractivity contribution in [3.05, 3.63) is 51.5 Å². The van der Waals surface area contributed by atoms with E-state index in [4.69, 9.17) is 11.6 Å². The summed E-state index contributed by atoms with van der Waals surface area (Å²) in [6, 6.07) is 6.43. The number of halogens is 3. The van der Waals surface area contributed by atoms with Crippen molar-refractivity contribution in [1.82, 2.24) is 4.57 Å². The fourth-order valence-electron chi connectivity index (χ4n) is 2.06. The van der Waals surface area contributed by atoms with Gasteiger partial charge >= 0.3 is 0 Å². The maximum Gasteiger partial charge on any atom is 0.272 e. The molecule has 1 N–H and O–H groups in total. The molecule has 2 aromatic rings. The highest BCUT2D eigenvalue weighted by atomic mass is 79.9. The fraction of sp³-hybridized carbons (Fsp3) is 0.214. The first-order valence-electron chi connectivity index (χ1n) is 6.18. The zero-order chi connectivity index (χ0) is 14.3. The standard InChI is InChI=1S/C14H11BrClFN2O/c15-8-1-4-12(11(17)5-8)18-14(20)13-6-9(16)7-19(13)10-2-3-10/h1,4-7,10H,2-3H2,(H,18,20). The van der Waals surface area contributed by atoms with Crippen LogP contribution in [0.1, 0.15) is 29.4 Å². The number of nitrogens with zero attached hydrogens (tertiary/aromatic N) is 1. The molecule has 1 saturated carbocycles. The van der Waals surface area contributed by atoms with Crippen molar-refractivity contribution in [2.45, 2.75) is 18.9 Å². The highest BCUT2D eigenvalue weighted by molar-refractivity contribution is 9.10. The highest BCUT2D eigenvalue weighted by Crippen LogP contribution is 2.37. The molecule has 0 saturated heterocycles. The first kappa shape index (κ1) is 13.6. The van der Waals surface area contributed by atoms with E-state index in [2.05, 4.69) is 21.2 Å². The van der Waals surface area contributed by atoms with Gasteiger partial charge in [-0.3, -0.25) is 4.79 Å². The number of hydrogen-bond donors (Lipinski definition) is 1. The van der Waals surface area contributed by atoms with Crippen molar-refractivity contribution < 1.29 is 9.18 Å². The summed E-state index contributed by atoms with van der Waals surface area (Å²) >= 11 is 9.13. The molecule has 6 heteroatoms. The third kappa shape index (κ3) is 2.74. The minimum Gasteiger partial charge on any atom is -0.339 e. The van der Waals surface area contributed by atoms with Crippen LogP contribution in [0.15, 0.2) is 34.9 Å². The quantitative estimate of drug-likeness (QED) is 0.854. The molecular weight excluding hydrogens is 347 g/mol. The van der Waals surface area contributed by atoms with Gasteiger partial charge in [0.25, 0.3) is 5.91 Å². The van der Waals surface area contributed by atoms with E-state index in [0.29, 0.717) is 21.2 Å². The number of nitrogens with one attached hydrogen (secondary N) is 1. The Labute approximate surface area is 128 Å². The van der Waals surface area contributed by atoms with Gasteiger partial charge < -0.3 is 9.88 Å². The van der Waals surface area contributed by atoms with Crippen LogP contribution >= 0.6 is 27.5 Å². The zero-order valence-corrected chi connectivity index (χ0v) is 12.7. The lowest BCUT2D eigenvalue weighted by atomic mass is 10.3. The number of carbonyl (C=O) groups is 1. The molecule has 0 atom stereocenters. The smallest absolute Gasteiger partial charge is 0.272 e. The van der Waals surface area contributed by atoms with Crippen LogP contribution in [0.5, 0.6) is 0 Å². The minimum atomic E-state index is -0.483. The molecule has 104 valence electrons. The summed E-state index contributed by atoms with van der Waals surface area (Å²) in [4.78, 5) is 12.2. The van der Waals surface area contributed by atoms with E-state index >= 15 is 0 Å². The Balaban J connectivity index is 1.86. The second-order valence-corrected chi connectivity index (χ2v) is 6.11. The average Bonchev–Trinajstić information content (AvgIpc) is 3.16. The van der Waals surface area contributed by atoms with Crippen molar-refractivity contribution in [3.63, 3.8) is 0 Å². The van der Waals surface area contributed by atoms with Gasteiger partial charge in [-0.1, -0.05) is 27.5 Å². The molecule has 1 aromatic carbocycles. The van der Waals surface area contributed by atoms with Gasteiger partial charge in [0, 0.05) is 16.7 Å². The first-order valence-corrected chi connectivity index (χ1v) is 7.35. The molecule has 0 bridgehead atoms. The summed E-state index contributed by atoms with van der Waals surface area (Å²) in [7, 11) is 0. The van der Waals surface area contributed by atoms with Crippen LogP contribution in [-0.2, 0) is 0 Å².